The number of aliphatic hydroxyl groups excluding tert-OH is 1. The van der Waals surface area contributed by atoms with E-state index in [-0.39, 0.29) is 23.5 Å². The van der Waals surface area contributed by atoms with Gasteiger partial charge < -0.3 is 26.8 Å². The van der Waals surface area contributed by atoms with E-state index in [1.54, 1.807) is 29.2 Å². The average molecular weight is 628 g/mol. The summed E-state index contributed by atoms with van der Waals surface area (Å²) in [7, 11) is 0. The summed E-state index contributed by atoms with van der Waals surface area (Å²) in [5, 5.41) is 20.4. The monoisotopic (exact) mass is 627 g/mol. The van der Waals surface area contributed by atoms with Crippen LogP contribution in [0.4, 0.5) is 4.79 Å². The molecule has 2 unspecified atom stereocenters. The van der Waals surface area contributed by atoms with E-state index in [9.17, 15) is 29.1 Å². The molecule has 0 radical (unpaired) electrons. The number of ketones is 2. The van der Waals surface area contributed by atoms with Gasteiger partial charge in [0.05, 0.1) is 24.2 Å². The van der Waals surface area contributed by atoms with Crippen LogP contribution in [0.15, 0.2) is 30.3 Å². The van der Waals surface area contributed by atoms with Crippen molar-refractivity contribution in [3.05, 3.63) is 35.9 Å². The molecule has 45 heavy (non-hydrogen) atoms. The lowest BCUT2D eigenvalue weighted by atomic mass is 9.82. The summed E-state index contributed by atoms with van der Waals surface area (Å²) in [6.07, 6.45) is 1.36. The number of rotatable bonds is 13. The molecule has 1 aliphatic heterocycles. The minimum atomic E-state index is -1.28. The fraction of sp³-hybridized carbons (Fsp3) is 0.676. The molecule has 3 rings (SSSR count). The summed E-state index contributed by atoms with van der Waals surface area (Å²) in [6.45, 7) is 15.7. The van der Waals surface area contributed by atoms with Crippen molar-refractivity contribution in [2.24, 2.45) is 34.3 Å². The highest BCUT2D eigenvalue weighted by Crippen LogP contribution is 2.36. The number of benzene rings is 1. The Kier molecular flexibility index (Phi) is 11.6. The molecule has 0 aromatic heterocycles. The summed E-state index contributed by atoms with van der Waals surface area (Å²) in [5.74, 6) is -2.09. The molecule has 0 bridgehead atoms. The third-order valence-corrected chi connectivity index (χ3v) is 9.08. The molecule has 11 heteroatoms. The number of hydrogen-bond donors (Lipinski definition) is 5. The first-order chi connectivity index (χ1) is 20.8. The summed E-state index contributed by atoms with van der Waals surface area (Å²) >= 11 is 0. The van der Waals surface area contributed by atoms with Crippen LogP contribution in [0.1, 0.15) is 91.4 Å². The van der Waals surface area contributed by atoms with Crippen LogP contribution in [-0.2, 0) is 14.4 Å². The van der Waals surface area contributed by atoms with Crippen LogP contribution in [0.5, 0.6) is 0 Å². The highest BCUT2D eigenvalue weighted by Gasteiger charge is 2.47. The summed E-state index contributed by atoms with van der Waals surface area (Å²) in [6, 6.07) is 4.64. The molecule has 1 aromatic carbocycles. The van der Waals surface area contributed by atoms with Crippen molar-refractivity contribution in [3.8, 4) is 0 Å². The maximum atomic E-state index is 13.7. The lowest BCUT2D eigenvalue weighted by molar-refractivity contribution is -0.140. The van der Waals surface area contributed by atoms with Gasteiger partial charge in [-0.2, -0.15) is 0 Å². The topological polar surface area (TPSA) is 171 Å². The minimum Gasteiger partial charge on any atom is -0.376 e. The van der Waals surface area contributed by atoms with Crippen molar-refractivity contribution >= 4 is 29.4 Å². The third-order valence-electron chi connectivity index (χ3n) is 9.08. The number of likely N-dealkylation sites (tertiary alicyclic amines) is 1. The Morgan fingerprint density at radius 3 is 2.02 bits per heavy atom. The van der Waals surface area contributed by atoms with Gasteiger partial charge in [-0.1, -0.05) is 98.6 Å². The average Bonchev–Trinajstić information content (AvgIpc) is 3.65. The molecule has 1 aromatic rings. The smallest absolute Gasteiger partial charge is 0.315 e. The largest absolute Gasteiger partial charge is 0.376 e. The predicted molar refractivity (Wildman–Crippen MR) is 172 cm³/mol. The van der Waals surface area contributed by atoms with Crippen molar-refractivity contribution in [3.63, 3.8) is 0 Å². The number of amides is 4. The predicted octanol–water partition coefficient (Wildman–Crippen LogP) is 3.00. The number of nitrogens with two attached hydrogens (primary N) is 1. The second-order valence-electron chi connectivity index (χ2n) is 15.3. The van der Waals surface area contributed by atoms with Gasteiger partial charge in [-0.15, -0.1) is 0 Å². The van der Waals surface area contributed by atoms with Crippen LogP contribution in [0.25, 0.3) is 0 Å². The molecule has 1 saturated carbocycles. The van der Waals surface area contributed by atoms with Gasteiger partial charge in [0.25, 0.3) is 5.91 Å². The lowest BCUT2D eigenvalue weighted by Gasteiger charge is -2.41. The van der Waals surface area contributed by atoms with E-state index in [4.69, 9.17) is 5.73 Å². The molecule has 6 atom stereocenters. The van der Waals surface area contributed by atoms with Crippen molar-refractivity contribution in [1.82, 2.24) is 20.9 Å². The van der Waals surface area contributed by atoms with E-state index in [0.29, 0.717) is 24.9 Å². The Morgan fingerprint density at radius 1 is 0.933 bits per heavy atom. The second kappa shape index (κ2) is 14.4. The quantitative estimate of drug-likeness (QED) is 0.165. The third kappa shape index (κ3) is 9.59. The number of nitrogens with one attached hydrogen (secondary N) is 3. The Labute approximate surface area is 267 Å². The number of hydrogen-bond acceptors (Lipinski definition) is 7. The Bertz CT molecular complexity index is 1230. The number of aliphatic hydroxyl groups is 1. The van der Waals surface area contributed by atoms with Crippen molar-refractivity contribution in [2.75, 3.05) is 6.54 Å². The second-order valence-corrected chi connectivity index (χ2v) is 15.3. The fourth-order valence-electron chi connectivity index (χ4n) is 5.97. The first-order valence-corrected chi connectivity index (χ1v) is 16.0. The Hall–Kier alpha value is -3.31. The molecule has 11 nitrogen and oxygen atoms in total. The van der Waals surface area contributed by atoms with Gasteiger partial charge in [0.15, 0.2) is 5.78 Å². The molecule has 1 saturated heterocycles. The van der Waals surface area contributed by atoms with Crippen LogP contribution >= 0.6 is 0 Å². The molecule has 250 valence electrons. The zero-order valence-electron chi connectivity index (χ0n) is 28.1. The van der Waals surface area contributed by atoms with E-state index in [2.05, 4.69) is 16.0 Å². The van der Waals surface area contributed by atoms with Gasteiger partial charge in [-0.05, 0) is 41.4 Å². The van der Waals surface area contributed by atoms with E-state index in [1.165, 1.54) is 0 Å². The minimum absolute atomic E-state index is 0.0623. The molecule has 4 amide bonds. The molecule has 2 aliphatic rings. The zero-order chi connectivity index (χ0) is 33.9. The summed E-state index contributed by atoms with van der Waals surface area (Å²) in [4.78, 5) is 66.6. The first-order valence-electron chi connectivity index (χ1n) is 16.0. The van der Waals surface area contributed by atoms with Crippen LogP contribution in [0.2, 0.25) is 0 Å². The molecule has 1 heterocycles. The van der Waals surface area contributed by atoms with Crippen LogP contribution in [0, 0.1) is 28.6 Å². The van der Waals surface area contributed by atoms with Gasteiger partial charge in [0.2, 0.25) is 11.7 Å². The number of nitrogens with zero attached hydrogens (tertiary/aromatic N) is 1. The number of carbonyl (C=O) groups excluding carboxylic acids is 5. The van der Waals surface area contributed by atoms with Crippen molar-refractivity contribution < 1.29 is 29.1 Å². The van der Waals surface area contributed by atoms with Gasteiger partial charge in [-0.3, -0.25) is 24.1 Å². The Balaban J connectivity index is 1.84. The highest BCUT2D eigenvalue weighted by atomic mass is 16.3. The van der Waals surface area contributed by atoms with Gasteiger partial charge in [0, 0.05) is 12.1 Å². The molecular formula is C34H53N5O6. The Morgan fingerprint density at radius 2 is 1.53 bits per heavy atom. The standard InChI is InChI=1S/C34H53N5O6/c1-19(2)22-17-24(30(43)36-23(16-20-14-15-20)26(41)29(35)42)39(18-22)31(44)28(34(6,7)8)38-32(45)37-27(33(3,4)5)25(40)21-12-10-9-11-13-21/h9-13,19-20,22-24,27-28,31,44H,14-18H2,1-8H3,(H2,35,42)(H,36,43)(H2,37,38,45)/t22-,23?,24+,27-,28-,31?/m1/s1. The highest BCUT2D eigenvalue weighted by molar-refractivity contribution is 6.37. The van der Waals surface area contributed by atoms with Crippen LogP contribution < -0.4 is 21.7 Å². The van der Waals surface area contributed by atoms with Crippen LogP contribution in [0.3, 0.4) is 0 Å². The number of primary amides is 1. The van der Waals surface area contributed by atoms with Crippen molar-refractivity contribution in [2.45, 2.75) is 111 Å². The summed E-state index contributed by atoms with van der Waals surface area (Å²) in [5.41, 5.74) is 4.50. The number of Topliss-reactive ketones (excluding diaryl/α,β-unsaturated/α-hetero) is 2. The van der Waals surface area contributed by atoms with Crippen molar-refractivity contribution in [1.29, 1.82) is 0 Å². The molecule has 1 aliphatic carbocycles. The van der Waals surface area contributed by atoms with Gasteiger partial charge >= 0.3 is 6.03 Å². The van der Waals surface area contributed by atoms with Gasteiger partial charge in [-0.25, -0.2) is 4.79 Å². The first kappa shape index (κ1) is 36.2. The van der Waals surface area contributed by atoms with E-state index >= 15 is 0 Å². The van der Waals surface area contributed by atoms with E-state index in [0.717, 1.165) is 12.8 Å². The molecular weight excluding hydrogens is 574 g/mol. The maximum absolute atomic E-state index is 13.7. The molecule has 6 N–H and O–H groups in total. The van der Waals surface area contributed by atoms with Gasteiger partial charge in [0.1, 0.15) is 6.23 Å². The van der Waals surface area contributed by atoms with E-state index < -0.39 is 64.9 Å². The number of urea groups is 1. The SMILES string of the molecule is CC(C)[C@@H]1C[C@@H](C(=O)NC(CC2CC2)C(=O)C(N)=O)N(C(O)[C@@H](NC(=O)N[C@H](C(=O)c2ccccc2)C(C)(C)C)C(C)(C)C)C1. The zero-order valence-corrected chi connectivity index (χ0v) is 28.1. The summed E-state index contributed by atoms with van der Waals surface area (Å²) < 4.78 is 0. The molecule has 0 spiro atoms. The number of carbonyl (C=O) groups is 5. The maximum Gasteiger partial charge on any atom is 0.315 e. The van der Waals surface area contributed by atoms with Crippen LogP contribution in [-0.4, -0.2) is 76.4 Å². The molecule has 2 fully saturated rings. The lowest BCUT2D eigenvalue weighted by Crippen LogP contribution is -2.63. The van der Waals surface area contributed by atoms with E-state index in [1.807, 2.05) is 61.5 Å². The fourth-order valence-corrected chi connectivity index (χ4v) is 5.97. The normalized spacial score (nSPS) is 21.8.